The van der Waals surface area contributed by atoms with E-state index in [2.05, 4.69) is 9.97 Å². The second-order valence-corrected chi connectivity index (χ2v) is 2.50. The van der Waals surface area contributed by atoms with Crippen LogP contribution in [0.3, 0.4) is 0 Å². The molecule has 0 fully saturated rings. The molecule has 1 heterocycles. The van der Waals surface area contributed by atoms with Crippen LogP contribution in [0.25, 0.3) is 0 Å². The zero-order valence-corrected chi connectivity index (χ0v) is 7.04. The number of nitrogens with one attached hydrogen (secondary N) is 1. The number of aryl methyl sites for hydroxylation is 1. The van der Waals surface area contributed by atoms with Crippen molar-refractivity contribution >= 4 is 0 Å². The summed E-state index contributed by atoms with van der Waals surface area (Å²) in [6.45, 7) is 0.703. The van der Waals surface area contributed by atoms with Gasteiger partial charge >= 0.3 is 0 Å². The molecule has 0 bridgehead atoms. The first-order valence-electron chi connectivity index (χ1n) is 3.85. The Kier molecular flexibility index (Phi) is 3.47. The van der Waals surface area contributed by atoms with Crippen LogP contribution >= 0.6 is 0 Å². The van der Waals surface area contributed by atoms with Crippen molar-refractivity contribution in [2.45, 2.75) is 12.8 Å². The lowest BCUT2D eigenvalue weighted by molar-refractivity contribution is 0.195. The molecule has 0 radical (unpaired) electrons. The molecule has 0 atom stereocenters. The van der Waals surface area contributed by atoms with Crippen LogP contribution < -0.4 is 5.56 Å². The molecular weight excluding hydrogens is 156 g/mol. The second kappa shape index (κ2) is 4.66. The molecule has 0 saturated heterocycles. The molecule has 0 amide bonds. The summed E-state index contributed by atoms with van der Waals surface area (Å²) < 4.78 is 4.88. The number of rotatable bonds is 4. The quantitative estimate of drug-likeness (QED) is 0.660. The normalized spacial score (nSPS) is 10.1. The monoisotopic (exact) mass is 168 g/mol. The highest BCUT2D eigenvalue weighted by molar-refractivity contribution is 4.97. The van der Waals surface area contributed by atoms with E-state index in [0.29, 0.717) is 6.61 Å². The third kappa shape index (κ3) is 2.84. The summed E-state index contributed by atoms with van der Waals surface area (Å²) in [5.41, 5.74) is 0.716. The maximum atomic E-state index is 10.8. The van der Waals surface area contributed by atoms with Crippen molar-refractivity contribution in [1.29, 1.82) is 0 Å². The number of hydrogen-bond acceptors (Lipinski definition) is 3. The highest BCUT2D eigenvalue weighted by Crippen LogP contribution is 1.93. The van der Waals surface area contributed by atoms with Gasteiger partial charge in [-0.15, -0.1) is 0 Å². The van der Waals surface area contributed by atoms with E-state index >= 15 is 0 Å². The van der Waals surface area contributed by atoms with Crippen LogP contribution in [-0.2, 0) is 11.2 Å². The summed E-state index contributed by atoms with van der Waals surface area (Å²) in [5, 5.41) is 0. The summed E-state index contributed by atoms with van der Waals surface area (Å²) >= 11 is 0. The number of aromatic amines is 1. The van der Waals surface area contributed by atoms with Crippen LogP contribution in [0.5, 0.6) is 0 Å². The van der Waals surface area contributed by atoms with E-state index in [4.69, 9.17) is 4.74 Å². The minimum atomic E-state index is -0.0996. The highest BCUT2D eigenvalue weighted by Gasteiger charge is 1.94. The zero-order chi connectivity index (χ0) is 8.81. The Morgan fingerprint density at radius 3 is 3.17 bits per heavy atom. The van der Waals surface area contributed by atoms with Gasteiger partial charge in [-0.25, -0.2) is 4.98 Å². The van der Waals surface area contributed by atoms with Crippen molar-refractivity contribution in [2.75, 3.05) is 13.7 Å². The largest absolute Gasteiger partial charge is 0.385 e. The number of hydrogen-bond donors (Lipinski definition) is 1. The first-order valence-corrected chi connectivity index (χ1v) is 3.85. The molecular formula is C8H12N2O2. The van der Waals surface area contributed by atoms with E-state index in [-0.39, 0.29) is 5.56 Å². The molecule has 4 heteroatoms. The van der Waals surface area contributed by atoms with Crippen molar-refractivity contribution in [1.82, 2.24) is 9.97 Å². The molecule has 1 N–H and O–H groups in total. The van der Waals surface area contributed by atoms with Crippen molar-refractivity contribution in [2.24, 2.45) is 0 Å². The van der Waals surface area contributed by atoms with E-state index in [1.165, 1.54) is 12.4 Å². The molecule has 0 saturated carbocycles. The van der Waals surface area contributed by atoms with Crippen LogP contribution in [-0.4, -0.2) is 23.7 Å². The summed E-state index contributed by atoms with van der Waals surface area (Å²) in [5.74, 6) is 0. The number of H-pyrrole nitrogens is 1. The summed E-state index contributed by atoms with van der Waals surface area (Å²) in [6, 6.07) is 1.51. The van der Waals surface area contributed by atoms with Gasteiger partial charge in [-0.3, -0.25) is 4.79 Å². The van der Waals surface area contributed by atoms with Gasteiger partial charge in [0.15, 0.2) is 0 Å². The SMILES string of the molecule is COCCCc1cc(=O)[nH]cn1. The third-order valence-corrected chi connectivity index (χ3v) is 1.52. The van der Waals surface area contributed by atoms with E-state index < -0.39 is 0 Å². The maximum Gasteiger partial charge on any atom is 0.250 e. The van der Waals surface area contributed by atoms with Gasteiger partial charge < -0.3 is 9.72 Å². The van der Waals surface area contributed by atoms with E-state index in [0.717, 1.165) is 18.5 Å². The summed E-state index contributed by atoms with van der Waals surface area (Å²) in [7, 11) is 1.66. The fourth-order valence-corrected chi connectivity index (χ4v) is 0.943. The predicted octanol–water partition coefficient (Wildman–Crippen LogP) is 0.349. The second-order valence-electron chi connectivity index (χ2n) is 2.50. The number of nitrogens with zero attached hydrogens (tertiary/aromatic N) is 1. The molecule has 0 aliphatic rings. The lowest BCUT2D eigenvalue weighted by atomic mass is 10.2. The van der Waals surface area contributed by atoms with Gasteiger partial charge in [0.1, 0.15) is 0 Å². The highest BCUT2D eigenvalue weighted by atomic mass is 16.5. The van der Waals surface area contributed by atoms with Crippen LogP contribution in [0.15, 0.2) is 17.2 Å². The van der Waals surface area contributed by atoms with Crippen molar-refractivity contribution < 1.29 is 4.74 Å². The van der Waals surface area contributed by atoms with E-state index in [1.54, 1.807) is 7.11 Å². The Balaban J connectivity index is 2.47. The number of aromatic nitrogens is 2. The van der Waals surface area contributed by atoms with E-state index in [9.17, 15) is 4.79 Å². The average molecular weight is 168 g/mol. The van der Waals surface area contributed by atoms with Gasteiger partial charge in [0.05, 0.1) is 6.33 Å². The molecule has 4 nitrogen and oxygen atoms in total. The molecule has 0 spiro atoms. The van der Waals surface area contributed by atoms with Gasteiger partial charge in [-0.05, 0) is 12.8 Å². The average Bonchev–Trinajstić information content (AvgIpc) is 2.05. The van der Waals surface area contributed by atoms with Gasteiger partial charge in [0, 0.05) is 25.5 Å². The number of ether oxygens (including phenoxy) is 1. The molecule has 0 unspecified atom stereocenters. The van der Waals surface area contributed by atoms with E-state index in [1.807, 2.05) is 0 Å². The first-order chi connectivity index (χ1) is 5.83. The smallest absolute Gasteiger partial charge is 0.250 e. The predicted molar refractivity (Wildman–Crippen MR) is 45.1 cm³/mol. The molecule has 1 aromatic heterocycles. The molecule has 0 aliphatic carbocycles. The summed E-state index contributed by atoms with van der Waals surface area (Å²) in [6.07, 6.45) is 3.11. The molecule has 0 aromatic carbocycles. The molecule has 12 heavy (non-hydrogen) atoms. The van der Waals surface area contributed by atoms with Crippen LogP contribution in [0.2, 0.25) is 0 Å². The fraction of sp³-hybridized carbons (Fsp3) is 0.500. The molecule has 0 aliphatic heterocycles. The Morgan fingerprint density at radius 2 is 2.50 bits per heavy atom. The van der Waals surface area contributed by atoms with Gasteiger partial charge in [0.2, 0.25) is 0 Å². The lowest BCUT2D eigenvalue weighted by Crippen LogP contribution is -2.07. The van der Waals surface area contributed by atoms with Gasteiger partial charge in [0.25, 0.3) is 5.56 Å². The Hall–Kier alpha value is -1.16. The van der Waals surface area contributed by atoms with Gasteiger partial charge in [-0.1, -0.05) is 0 Å². The lowest BCUT2D eigenvalue weighted by Gasteiger charge is -1.97. The van der Waals surface area contributed by atoms with Crippen LogP contribution in [0, 0.1) is 0 Å². The minimum Gasteiger partial charge on any atom is -0.385 e. The standard InChI is InChI=1S/C8H12N2O2/c1-12-4-2-3-7-5-8(11)10-6-9-7/h5-6H,2-4H2,1H3,(H,9,10,11). The van der Waals surface area contributed by atoms with Crippen molar-refractivity contribution in [3.05, 3.63) is 28.4 Å². The Labute approximate surface area is 70.6 Å². The molecule has 1 rings (SSSR count). The maximum absolute atomic E-state index is 10.8. The topological polar surface area (TPSA) is 55.0 Å². The Morgan fingerprint density at radius 1 is 1.67 bits per heavy atom. The number of methoxy groups -OCH3 is 1. The molecule has 66 valence electrons. The summed E-state index contributed by atoms with van der Waals surface area (Å²) in [4.78, 5) is 17.3. The third-order valence-electron chi connectivity index (χ3n) is 1.52. The molecule has 1 aromatic rings. The van der Waals surface area contributed by atoms with Crippen molar-refractivity contribution in [3.63, 3.8) is 0 Å². The van der Waals surface area contributed by atoms with Gasteiger partial charge in [-0.2, -0.15) is 0 Å². The first kappa shape index (κ1) is 8.93. The fourth-order valence-electron chi connectivity index (χ4n) is 0.943. The van der Waals surface area contributed by atoms with Crippen LogP contribution in [0.1, 0.15) is 12.1 Å². The minimum absolute atomic E-state index is 0.0996. The van der Waals surface area contributed by atoms with Crippen LogP contribution in [0.4, 0.5) is 0 Å². The zero-order valence-electron chi connectivity index (χ0n) is 7.04. The van der Waals surface area contributed by atoms with Crippen molar-refractivity contribution in [3.8, 4) is 0 Å². The Bertz CT molecular complexity index is 282.